The first kappa shape index (κ1) is 33.0. The summed E-state index contributed by atoms with van der Waals surface area (Å²) in [6.07, 6.45) is -1.56. The number of anilines is 1. The van der Waals surface area contributed by atoms with Crippen molar-refractivity contribution in [3.8, 4) is 22.8 Å². The summed E-state index contributed by atoms with van der Waals surface area (Å²) in [5, 5.41) is 8.02. The fourth-order valence-corrected chi connectivity index (χ4v) is 6.12. The van der Waals surface area contributed by atoms with Crippen LogP contribution in [0.15, 0.2) is 78.0 Å². The number of aromatic nitrogens is 3. The summed E-state index contributed by atoms with van der Waals surface area (Å²) in [4.78, 5) is 23.7. The fourth-order valence-electron chi connectivity index (χ4n) is 5.17. The van der Waals surface area contributed by atoms with Crippen molar-refractivity contribution in [2.24, 2.45) is 4.99 Å². The third kappa shape index (κ3) is 8.25. The number of benzene rings is 3. The van der Waals surface area contributed by atoms with Gasteiger partial charge >= 0.3 is 12.4 Å². The van der Waals surface area contributed by atoms with Crippen molar-refractivity contribution in [3.63, 3.8) is 0 Å². The van der Waals surface area contributed by atoms with Crippen molar-refractivity contribution in [1.82, 2.24) is 20.1 Å². The zero-order valence-electron chi connectivity index (χ0n) is 25.6. The molecule has 4 aromatic rings. The van der Waals surface area contributed by atoms with E-state index in [4.69, 9.17) is 0 Å². The van der Waals surface area contributed by atoms with Crippen LogP contribution in [-0.4, -0.2) is 51.2 Å². The molecular formula is C33H34F4N6O2S. The maximum Gasteiger partial charge on any atom is 0.573 e. The lowest BCUT2D eigenvalue weighted by molar-refractivity contribution is -0.274. The molecule has 0 aliphatic carbocycles. The van der Waals surface area contributed by atoms with Crippen molar-refractivity contribution >= 4 is 28.6 Å². The number of carbonyl (C=O) groups excluding carboxylic acids is 1. The molecule has 5 rings (SSSR count). The molecule has 46 heavy (non-hydrogen) atoms. The molecule has 1 atom stereocenters. The van der Waals surface area contributed by atoms with E-state index in [-0.39, 0.29) is 23.4 Å². The third-order valence-electron chi connectivity index (χ3n) is 7.55. The highest BCUT2D eigenvalue weighted by Gasteiger charge is 2.31. The molecule has 0 radical (unpaired) electrons. The Balaban J connectivity index is 1.22. The molecule has 8 nitrogen and oxygen atoms in total. The van der Waals surface area contributed by atoms with Crippen LogP contribution in [0, 0.1) is 5.82 Å². The monoisotopic (exact) mass is 654 g/mol. The van der Waals surface area contributed by atoms with Gasteiger partial charge in [0.15, 0.2) is 11.0 Å². The van der Waals surface area contributed by atoms with E-state index >= 15 is 0 Å². The molecule has 1 aromatic heterocycles. The van der Waals surface area contributed by atoms with E-state index < -0.39 is 12.4 Å². The molecule has 1 aliphatic rings. The Bertz CT molecular complexity index is 1670. The molecule has 0 bridgehead atoms. The smallest absolute Gasteiger partial charge is 0.406 e. The summed E-state index contributed by atoms with van der Waals surface area (Å²) < 4.78 is 56.7. The Morgan fingerprint density at radius 2 is 1.83 bits per heavy atom. The van der Waals surface area contributed by atoms with E-state index in [0.717, 1.165) is 41.0 Å². The second-order valence-corrected chi connectivity index (χ2v) is 12.1. The van der Waals surface area contributed by atoms with E-state index in [1.165, 1.54) is 53.1 Å². The average Bonchev–Trinajstić information content (AvgIpc) is 3.52. The van der Waals surface area contributed by atoms with Gasteiger partial charge in [-0.15, -0.1) is 18.3 Å². The standard InChI is InChI=1S/C33H34F4N6O2S/c1-4-22(19-38-31(44)40-32-42(16-5-17-46-32)29-15-10-25(34)18-28(29)21(2)3)23-6-8-24(9-7-23)30-39-20-43(41-30)26-11-13-27(14-12-26)45-33(35,36)37/h6-15,18,20-22H,4-5,16-17,19H2,1-3H3,(H,38,44)/b40-32-. The number of ether oxygens (including phenoxy) is 1. The quantitative estimate of drug-likeness (QED) is 0.183. The van der Waals surface area contributed by atoms with Crippen molar-refractivity contribution in [3.05, 3.63) is 90.0 Å². The van der Waals surface area contributed by atoms with E-state index in [1.54, 1.807) is 12.1 Å². The molecule has 1 saturated heterocycles. The highest BCUT2D eigenvalue weighted by molar-refractivity contribution is 8.14. The van der Waals surface area contributed by atoms with Gasteiger partial charge in [-0.1, -0.05) is 56.8 Å². The van der Waals surface area contributed by atoms with Crippen LogP contribution in [0.3, 0.4) is 0 Å². The zero-order chi connectivity index (χ0) is 32.8. The largest absolute Gasteiger partial charge is 0.573 e. The number of amides is 2. The second kappa shape index (κ2) is 14.4. The first-order chi connectivity index (χ1) is 22.0. The summed E-state index contributed by atoms with van der Waals surface area (Å²) in [5.41, 5.74) is 4.07. The molecule has 3 aromatic carbocycles. The predicted octanol–water partition coefficient (Wildman–Crippen LogP) is 8.30. The van der Waals surface area contributed by atoms with E-state index in [2.05, 4.69) is 25.1 Å². The van der Waals surface area contributed by atoms with Gasteiger partial charge in [-0.3, -0.25) is 0 Å². The van der Waals surface area contributed by atoms with Crippen molar-refractivity contribution in [2.75, 3.05) is 23.7 Å². The fraction of sp³-hybridized carbons (Fsp3) is 0.333. The van der Waals surface area contributed by atoms with Crippen LogP contribution in [0.5, 0.6) is 5.75 Å². The van der Waals surface area contributed by atoms with Gasteiger partial charge in [0, 0.05) is 36.0 Å². The Morgan fingerprint density at radius 3 is 2.50 bits per heavy atom. The highest BCUT2D eigenvalue weighted by Crippen LogP contribution is 2.33. The first-order valence-electron chi connectivity index (χ1n) is 14.9. The van der Waals surface area contributed by atoms with Gasteiger partial charge < -0.3 is 15.0 Å². The summed E-state index contributed by atoms with van der Waals surface area (Å²) in [6.45, 7) is 7.17. The number of hydrogen-bond donors (Lipinski definition) is 1. The summed E-state index contributed by atoms with van der Waals surface area (Å²) >= 11 is 1.52. The molecule has 2 heterocycles. The third-order valence-corrected chi connectivity index (χ3v) is 8.61. The topological polar surface area (TPSA) is 84.6 Å². The van der Waals surface area contributed by atoms with Gasteiger partial charge in [0.05, 0.1) is 5.69 Å². The van der Waals surface area contributed by atoms with Crippen LogP contribution in [-0.2, 0) is 0 Å². The van der Waals surface area contributed by atoms with Crippen LogP contribution in [0.1, 0.15) is 56.6 Å². The summed E-state index contributed by atoms with van der Waals surface area (Å²) in [7, 11) is 0. The number of urea groups is 1. The number of rotatable bonds is 9. The number of hydrogen-bond acceptors (Lipinski definition) is 5. The van der Waals surface area contributed by atoms with Crippen LogP contribution >= 0.6 is 11.8 Å². The number of thioether (sulfide) groups is 1. The molecule has 2 amide bonds. The molecule has 0 saturated carbocycles. The van der Waals surface area contributed by atoms with E-state index in [0.29, 0.717) is 29.8 Å². The number of aliphatic imine (C=N–C) groups is 1. The van der Waals surface area contributed by atoms with Crippen molar-refractivity contribution in [2.45, 2.75) is 51.8 Å². The first-order valence-corrected chi connectivity index (χ1v) is 15.9. The van der Waals surface area contributed by atoms with Gasteiger partial charge in [0.2, 0.25) is 0 Å². The van der Waals surface area contributed by atoms with E-state index in [1.807, 2.05) is 49.9 Å². The second-order valence-electron chi connectivity index (χ2n) is 11.1. The number of halogens is 4. The van der Waals surface area contributed by atoms with Crippen molar-refractivity contribution in [1.29, 1.82) is 0 Å². The SMILES string of the molecule is CCC(CNC(=O)/N=C1\SCCCN1c1ccc(F)cc1C(C)C)c1ccc(-c2ncn(-c3ccc(OC(F)(F)F)cc3)n2)cc1. The van der Waals surface area contributed by atoms with Gasteiger partial charge in [-0.05, 0) is 72.4 Å². The number of nitrogens with zero attached hydrogens (tertiary/aromatic N) is 5. The maximum atomic E-state index is 14.0. The minimum absolute atomic E-state index is 0.0425. The minimum Gasteiger partial charge on any atom is -0.406 e. The Kier molecular flexibility index (Phi) is 10.3. The van der Waals surface area contributed by atoms with Crippen LogP contribution in [0.25, 0.3) is 17.1 Å². The summed E-state index contributed by atoms with van der Waals surface area (Å²) in [5.74, 6) is 0.850. The molecule has 13 heteroatoms. The molecule has 1 N–H and O–H groups in total. The van der Waals surface area contributed by atoms with Gasteiger partial charge in [-0.25, -0.2) is 18.9 Å². The lowest BCUT2D eigenvalue weighted by Crippen LogP contribution is -2.37. The number of amidine groups is 1. The van der Waals surface area contributed by atoms with Crippen LogP contribution in [0.4, 0.5) is 28.0 Å². The number of carbonyl (C=O) groups is 1. The Hall–Kier alpha value is -4.39. The molecule has 1 fully saturated rings. The van der Waals surface area contributed by atoms with Gasteiger partial charge in [0.25, 0.3) is 0 Å². The molecule has 1 unspecified atom stereocenters. The summed E-state index contributed by atoms with van der Waals surface area (Å²) in [6, 6.07) is 17.4. The maximum absolute atomic E-state index is 14.0. The lowest BCUT2D eigenvalue weighted by Gasteiger charge is -2.32. The Labute approximate surface area is 268 Å². The number of nitrogens with one attached hydrogen (secondary N) is 1. The molecule has 0 spiro atoms. The van der Waals surface area contributed by atoms with E-state index in [9.17, 15) is 22.4 Å². The number of alkyl halides is 3. The zero-order valence-corrected chi connectivity index (χ0v) is 26.4. The highest BCUT2D eigenvalue weighted by atomic mass is 32.2. The Morgan fingerprint density at radius 1 is 1.09 bits per heavy atom. The lowest BCUT2D eigenvalue weighted by atomic mass is 9.95. The van der Waals surface area contributed by atoms with Crippen LogP contribution < -0.4 is 15.0 Å². The van der Waals surface area contributed by atoms with Crippen LogP contribution in [0.2, 0.25) is 0 Å². The van der Waals surface area contributed by atoms with Crippen molar-refractivity contribution < 1.29 is 27.1 Å². The predicted molar refractivity (Wildman–Crippen MR) is 172 cm³/mol. The molecular weight excluding hydrogens is 620 g/mol. The van der Waals surface area contributed by atoms with Gasteiger partial charge in [0.1, 0.15) is 17.9 Å². The normalized spacial score (nSPS) is 15.3. The molecule has 242 valence electrons. The average molecular weight is 655 g/mol. The van der Waals surface area contributed by atoms with Gasteiger partial charge in [-0.2, -0.15) is 4.99 Å². The minimum atomic E-state index is -4.76. The molecule has 1 aliphatic heterocycles.